The van der Waals surface area contributed by atoms with Crippen LogP contribution in [0.2, 0.25) is 0 Å². The fourth-order valence-electron chi connectivity index (χ4n) is 1.99. The third-order valence-corrected chi connectivity index (χ3v) is 3.98. The van der Waals surface area contributed by atoms with Gasteiger partial charge >= 0.3 is 0 Å². The minimum atomic E-state index is -0.0551. The third kappa shape index (κ3) is 3.51. The molecule has 0 saturated heterocycles. The van der Waals surface area contributed by atoms with Crippen molar-refractivity contribution >= 4 is 11.3 Å². The summed E-state index contributed by atoms with van der Waals surface area (Å²) in [5, 5.41) is 28.0. The summed E-state index contributed by atoms with van der Waals surface area (Å²) < 4.78 is 10.8. The molecular weight excluding hydrogens is 316 g/mol. The molecule has 3 aromatic rings. The lowest BCUT2D eigenvalue weighted by atomic mass is 10.2. The van der Waals surface area contributed by atoms with Gasteiger partial charge in [0, 0.05) is 6.07 Å². The number of rotatable bonds is 5. The Hall–Kier alpha value is -2.80. The molecule has 0 aliphatic heterocycles. The standard InChI is InChI=1S/C16H14N2O4S/c1-21-12-4-2-3-10(7-12)9-22-16-18-17-15(23-16)13-6-5-11(19)8-14(13)20/h2-8,19-20H,9H2,1H3. The number of hydrogen-bond donors (Lipinski definition) is 2. The van der Waals surface area contributed by atoms with Crippen molar-refractivity contribution in [3.05, 3.63) is 48.0 Å². The lowest BCUT2D eigenvalue weighted by Crippen LogP contribution is -1.95. The van der Waals surface area contributed by atoms with Gasteiger partial charge in [-0.15, -0.1) is 5.10 Å². The summed E-state index contributed by atoms with van der Waals surface area (Å²) in [6.07, 6.45) is 0. The van der Waals surface area contributed by atoms with E-state index in [1.54, 1.807) is 13.2 Å². The van der Waals surface area contributed by atoms with Crippen LogP contribution >= 0.6 is 11.3 Å². The largest absolute Gasteiger partial charge is 0.508 e. The van der Waals surface area contributed by atoms with Gasteiger partial charge in [0.2, 0.25) is 0 Å². The van der Waals surface area contributed by atoms with Crippen molar-refractivity contribution in [3.63, 3.8) is 0 Å². The van der Waals surface area contributed by atoms with Gasteiger partial charge in [-0.25, -0.2) is 0 Å². The minimum Gasteiger partial charge on any atom is -0.508 e. The SMILES string of the molecule is COc1cccc(COc2nnc(-c3ccc(O)cc3O)s2)c1. The highest BCUT2D eigenvalue weighted by Gasteiger charge is 2.12. The van der Waals surface area contributed by atoms with Crippen LogP contribution in [-0.2, 0) is 6.61 Å². The highest BCUT2D eigenvalue weighted by Crippen LogP contribution is 2.35. The Morgan fingerprint density at radius 2 is 1.96 bits per heavy atom. The first-order chi connectivity index (χ1) is 11.2. The number of hydrogen-bond acceptors (Lipinski definition) is 7. The number of ether oxygens (including phenoxy) is 2. The Morgan fingerprint density at radius 3 is 2.74 bits per heavy atom. The lowest BCUT2D eigenvalue weighted by Gasteiger charge is -2.04. The van der Waals surface area contributed by atoms with Crippen molar-refractivity contribution < 1.29 is 19.7 Å². The first-order valence-electron chi connectivity index (χ1n) is 6.77. The molecule has 3 rings (SSSR count). The molecular formula is C16H14N2O4S. The van der Waals surface area contributed by atoms with Gasteiger partial charge in [0.25, 0.3) is 5.19 Å². The smallest absolute Gasteiger partial charge is 0.294 e. The summed E-state index contributed by atoms with van der Waals surface area (Å²) in [6.45, 7) is 0.341. The van der Waals surface area contributed by atoms with E-state index in [9.17, 15) is 10.2 Å². The molecule has 0 aliphatic rings. The maximum absolute atomic E-state index is 9.84. The van der Waals surface area contributed by atoms with Gasteiger partial charge in [-0.3, -0.25) is 0 Å². The van der Waals surface area contributed by atoms with Crippen LogP contribution in [-0.4, -0.2) is 27.5 Å². The van der Waals surface area contributed by atoms with Crippen LogP contribution in [0.4, 0.5) is 0 Å². The maximum atomic E-state index is 9.84. The molecule has 0 bridgehead atoms. The van der Waals surface area contributed by atoms with Gasteiger partial charge in [-0.1, -0.05) is 28.6 Å². The molecule has 0 fully saturated rings. The van der Waals surface area contributed by atoms with Crippen molar-refractivity contribution in [1.29, 1.82) is 0 Å². The number of methoxy groups -OCH3 is 1. The average Bonchev–Trinajstić information content (AvgIpc) is 3.02. The summed E-state index contributed by atoms with van der Waals surface area (Å²) in [7, 11) is 1.61. The molecule has 2 aromatic carbocycles. The number of phenolic OH excluding ortho intramolecular Hbond substituents is 2. The van der Waals surface area contributed by atoms with E-state index in [2.05, 4.69) is 10.2 Å². The Labute approximate surface area is 136 Å². The monoisotopic (exact) mass is 330 g/mol. The molecule has 0 spiro atoms. The molecule has 6 nitrogen and oxygen atoms in total. The molecule has 7 heteroatoms. The van der Waals surface area contributed by atoms with Crippen molar-refractivity contribution in [2.45, 2.75) is 6.61 Å². The second-order valence-corrected chi connectivity index (χ2v) is 5.65. The Kier molecular flexibility index (Phi) is 4.29. The van der Waals surface area contributed by atoms with E-state index in [-0.39, 0.29) is 11.5 Å². The number of benzene rings is 2. The first kappa shape index (κ1) is 15.1. The Balaban J connectivity index is 1.72. The van der Waals surface area contributed by atoms with Crippen LogP contribution in [0.25, 0.3) is 10.6 Å². The average molecular weight is 330 g/mol. The van der Waals surface area contributed by atoms with Crippen LogP contribution in [0.15, 0.2) is 42.5 Å². The minimum absolute atomic E-state index is 0.00902. The Bertz CT molecular complexity index is 819. The highest BCUT2D eigenvalue weighted by atomic mass is 32.1. The van der Waals surface area contributed by atoms with Crippen molar-refractivity contribution in [2.24, 2.45) is 0 Å². The van der Waals surface area contributed by atoms with Gasteiger partial charge in [-0.05, 0) is 29.8 Å². The van der Waals surface area contributed by atoms with Crippen molar-refractivity contribution in [1.82, 2.24) is 10.2 Å². The summed E-state index contributed by atoms with van der Waals surface area (Å²) in [5.74, 6) is 0.698. The zero-order valence-corrected chi connectivity index (χ0v) is 13.1. The van der Waals surface area contributed by atoms with Gasteiger partial charge in [-0.2, -0.15) is 0 Å². The topological polar surface area (TPSA) is 84.7 Å². The van der Waals surface area contributed by atoms with Crippen LogP contribution in [0.3, 0.4) is 0 Å². The van der Waals surface area contributed by atoms with Crippen LogP contribution < -0.4 is 9.47 Å². The molecule has 0 radical (unpaired) electrons. The van der Waals surface area contributed by atoms with Crippen LogP contribution in [0.1, 0.15) is 5.56 Å². The number of phenols is 2. The quantitative estimate of drug-likeness (QED) is 0.747. The number of aromatic nitrogens is 2. The van der Waals surface area contributed by atoms with E-state index in [4.69, 9.17) is 9.47 Å². The molecule has 0 aliphatic carbocycles. The van der Waals surface area contributed by atoms with E-state index >= 15 is 0 Å². The molecule has 23 heavy (non-hydrogen) atoms. The lowest BCUT2D eigenvalue weighted by molar-refractivity contribution is 0.301. The number of nitrogens with zero attached hydrogens (tertiary/aromatic N) is 2. The van der Waals surface area contributed by atoms with Gasteiger partial charge in [0.05, 0.1) is 12.7 Å². The normalized spacial score (nSPS) is 10.5. The molecule has 0 unspecified atom stereocenters. The highest BCUT2D eigenvalue weighted by molar-refractivity contribution is 7.16. The van der Waals surface area contributed by atoms with Crippen molar-refractivity contribution in [3.8, 4) is 33.0 Å². The van der Waals surface area contributed by atoms with Crippen molar-refractivity contribution in [2.75, 3.05) is 7.11 Å². The third-order valence-electron chi connectivity index (χ3n) is 3.11. The molecule has 0 amide bonds. The fraction of sp³-hybridized carbons (Fsp3) is 0.125. The van der Waals surface area contributed by atoms with Crippen LogP contribution in [0.5, 0.6) is 22.4 Å². The summed E-state index contributed by atoms with van der Waals surface area (Å²) in [4.78, 5) is 0. The molecule has 0 atom stereocenters. The second kappa shape index (κ2) is 6.53. The second-order valence-electron chi connectivity index (χ2n) is 4.71. The van der Waals surface area contributed by atoms with E-state index in [1.165, 1.54) is 23.5 Å². The summed E-state index contributed by atoms with van der Waals surface area (Å²) >= 11 is 1.22. The maximum Gasteiger partial charge on any atom is 0.294 e. The van der Waals surface area contributed by atoms with E-state index in [0.717, 1.165) is 11.3 Å². The predicted octanol–water partition coefficient (Wildman–Crippen LogP) is 3.20. The van der Waals surface area contributed by atoms with E-state index in [0.29, 0.717) is 22.4 Å². The molecule has 118 valence electrons. The first-order valence-corrected chi connectivity index (χ1v) is 7.59. The molecule has 1 aromatic heterocycles. The predicted molar refractivity (Wildman–Crippen MR) is 86.0 cm³/mol. The zero-order valence-electron chi connectivity index (χ0n) is 12.3. The zero-order chi connectivity index (χ0) is 16.2. The molecule has 0 saturated carbocycles. The van der Waals surface area contributed by atoms with Crippen LogP contribution in [0, 0.1) is 0 Å². The van der Waals surface area contributed by atoms with Gasteiger partial charge < -0.3 is 19.7 Å². The van der Waals surface area contributed by atoms with Gasteiger partial charge in [0.15, 0.2) is 5.01 Å². The Morgan fingerprint density at radius 1 is 1.09 bits per heavy atom. The number of aromatic hydroxyl groups is 2. The molecule has 2 N–H and O–H groups in total. The van der Waals surface area contributed by atoms with E-state index < -0.39 is 0 Å². The molecule has 1 heterocycles. The van der Waals surface area contributed by atoms with Gasteiger partial charge in [0.1, 0.15) is 23.9 Å². The summed E-state index contributed by atoms with van der Waals surface area (Å²) in [6, 6.07) is 11.9. The van der Waals surface area contributed by atoms with E-state index in [1.807, 2.05) is 24.3 Å². The summed E-state index contributed by atoms with van der Waals surface area (Å²) in [5.41, 5.74) is 1.45. The fourth-order valence-corrected chi connectivity index (χ4v) is 2.71.